The summed E-state index contributed by atoms with van der Waals surface area (Å²) >= 11 is 5.06. The molecule has 1 amide bonds. The summed E-state index contributed by atoms with van der Waals surface area (Å²) in [5.41, 5.74) is -0.0478. The number of pyridine rings is 1. The highest BCUT2D eigenvalue weighted by atomic mass is 79.9. The summed E-state index contributed by atoms with van der Waals surface area (Å²) < 4.78 is 3.78. The second-order valence-electron chi connectivity index (χ2n) is 7.66. The zero-order valence-electron chi connectivity index (χ0n) is 16.0. The normalized spacial score (nSPS) is 29.9. The second-order valence-corrected chi connectivity index (χ2v) is 10.6. The molecule has 6 nitrogen and oxygen atoms in total. The third-order valence-corrected chi connectivity index (χ3v) is 8.93. The minimum absolute atomic E-state index is 0.0779. The van der Waals surface area contributed by atoms with Gasteiger partial charge in [0, 0.05) is 10.9 Å². The number of rotatable bonds is 5. The van der Waals surface area contributed by atoms with Gasteiger partial charge in [0.25, 0.3) is 5.91 Å². The van der Waals surface area contributed by atoms with Crippen molar-refractivity contribution < 1.29 is 19.4 Å². The minimum Gasteiger partial charge on any atom is -0.459 e. The van der Waals surface area contributed by atoms with Crippen molar-refractivity contribution in [3.63, 3.8) is 0 Å². The van der Waals surface area contributed by atoms with Crippen LogP contribution in [0.1, 0.15) is 25.1 Å². The van der Waals surface area contributed by atoms with Gasteiger partial charge >= 0.3 is 5.97 Å². The van der Waals surface area contributed by atoms with Gasteiger partial charge in [0.1, 0.15) is 12.0 Å². The average molecular weight is 477 g/mol. The van der Waals surface area contributed by atoms with Gasteiger partial charge in [0.2, 0.25) is 0 Å². The monoisotopic (exact) mass is 476 g/mol. The van der Waals surface area contributed by atoms with Crippen molar-refractivity contribution in [3.8, 4) is 0 Å². The SMILES string of the molecule is CC1(C)S[C@H]2N(C(=O)[C@@]2(Br)c2ccccn2)[C@@]1(CO)C(=O)OCc1ccccc1. The van der Waals surface area contributed by atoms with Gasteiger partial charge in [-0.2, -0.15) is 0 Å². The summed E-state index contributed by atoms with van der Waals surface area (Å²) in [6.07, 6.45) is 1.63. The number of nitrogens with zero attached hydrogens (tertiary/aromatic N) is 2. The van der Waals surface area contributed by atoms with Gasteiger partial charge in [-0.1, -0.05) is 52.3 Å². The third-order valence-electron chi connectivity index (χ3n) is 5.74. The van der Waals surface area contributed by atoms with Gasteiger partial charge in [-0.3, -0.25) is 9.78 Å². The Hall–Kier alpha value is -1.90. The highest BCUT2D eigenvalue weighted by molar-refractivity contribution is 9.10. The number of aliphatic hydroxyl groups excluding tert-OH is 1. The Kier molecular flexibility index (Phi) is 4.99. The van der Waals surface area contributed by atoms with Gasteiger partial charge in [-0.25, -0.2) is 4.79 Å². The largest absolute Gasteiger partial charge is 0.459 e. The van der Waals surface area contributed by atoms with E-state index in [1.807, 2.05) is 50.2 Å². The highest BCUT2D eigenvalue weighted by Gasteiger charge is 2.78. The van der Waals surface area contributed by atoms with E-state index < -0.39 is 32.6 Å². The van der Waals surface area contributed by atoms with E-state index in [-0.39, 0.29) is 12.5 Å². The number of aliphatic hydroxyl groups is 1. The van der Waals surface area contributed by atoms with Gasteiger partial charge in [-0.15, -0.1) is 11.8 Å². The molecule has 1 aromatic heterocycles. The first kappa shape index (κ1) is 20.4. The van der Waals surface area contributed by atoms with E-state index in [9.17, 15) is 14.7 Å². The van der Waals surface area contributed by atoms with E-state index in [0.29, 0.717) is 5.69 Å². The zero-order valence-corrected chi connectivity index (χ0v) is 18.4. The molecule has 2 saturated heterocycles. The van der Waals surface area contributed by atoms with E-state index in [4.69, 9.17) is 4.74 Å². The maximum atomic E-state index is 13.3. The Balaban J connectivity index is 1.66. The van der Waals surface area contributed by atoms with Gasteiger partial charge in [-0.05, 0) is 31.5 Å². The molecule has 0 bridgehead atoms. The van der Waals surface area contributed by atoms with E-state index >= 15 is 0 Å². The first-order chi connectivity index (χ1) is 13.8. The molecule has 1 N–H and O–H groups in total. The number of halogens is 1. The Morgan fingerprint density at radius 1 is 1.24 bits per heavy atom. The third kappa shape index (κ3) is 2.76. The molecule has 1 aromatic carbocycles. The van der Waals surface area contributed by atoms with E-state index in [1.54, 1.807) is 18.3 Å². The summed E-state index contributed by atoms with van der Waals surface area (Å²) in [4.78, 5) is 32.4. The lowest BCUT2D eigenvalue weighted by atomic mass is 9.79. The summed E-state index contributed by atoms with van der Waals surface area (Å²) in [7, 11) is 0. The van der Waals surface area contributed by atoms with Crippen molar-refractivity contribution in [2.45, 2.75) is 40.4 Å². The molecule has 8 heteroatoms. The summed E-state index contributed by atoms with van der Waals surface area (Å²) in [5, 5.41) is 9.97. The van der Waals surface area contributed by atoms with Crippen LogP contribution in [0.15, 0.2) is 54.7 Å². The summed E-state index contributed by atoms with van der Waals surface area (Å²) in [6.45, 7) is 3.27. The average Bonchev–Trinajstić information content (AvgIpc) is 2.98. The van der Waals surface area contributed by atoms with Crippen LogP contribution in [0.3, 0.4) is 0 Å². The zero-order chi connectivity index (χ0) is 20.9. The number of thioether (sulfide) groups is 1. The van der Waals surface area contributed by atoms with Crippen molar-refractivity contribution in [2.24, 2.45) is 0 Å². The molecule has 3 heterocycles. The van der Waals surface area contributed by atoms with Crippen LogP contribution >= 0.6 is 27.7 Å². The standard InChI is InChI=1S/C21H21BrN2O4S/c1-19(2)20(13-25,18(27)28-12-14-8-4-3-5-9-14)24-16(26)21(22,17(24)29-19)15-10-6-7-11-23-15/h3-11,17,25H,12-13H2,1-2H3/t17-,20+,21+/m1/s1. The van der Waals surface area contributed by atoms with Gasteiger partial charge in [0.15, 0.2) is 9.86 Å². The number of carbonyl (C=O) groups is 2. The molecule has 2 aliphatic rings. The van der Waals surface area contributed by atoms with Crippen LogP contribution in [0.25, 0.3) is 0 Å². The molecule has 152 valence electrons. The number of ether oxygens (including phenoxy) is 1. The second kappa shape index (κ2) is 7.11. The molecule has 3 atom stereocenters. The maximum absolute atomic E-state index is 13.3. The number of β-lactam (4-membered cyclic amide) rings is 1. The Morgan fingerprint density at radius 2 is 1.93 bits per heavy atom. The van der Waals surface area contributed by atoms with Crippen LogP contribution < -0.4 is 0 Å². The first-order valence-corrected chi connectivity index (χ1v) is 10.9. The molecule has 0 saturated carbocycles. The van der Waals surface area contributed by atoms with Crippen LogP contribution in [0, 0.1) is 0 Å². The fourth-order valence-corrected chi connectivity index (χ4v) is 6.68. The minimum atomic E-state index is -1.47. The number of hydrogen-bond donors (Lipinski definition) is 1. The first-order valence-electron chi connectivity index (χ1n) is 9.23. The number of carbonyl (C=O) groups excluding carboxylic acids is 2. The van der Waals surface area contributed by atoms with E-state index in [2.05, 4.69) is 20.9 Å². The van der Waals surface area contributed by atoms with Crippen molar-refractivity contribution >= 4 is 39.6 Å². The summed E-state index contributed by atoms with van der Waals surface area (Å²) in [5.74, 6) is -0.905. The molecule has 0 spiro atoms. The number of hydrogen-bond acceptors (Lipinski definition) is 6. The van der Waals surface area contributed by atoms with E-state index in [0.717, 1.165) is 5.56 Å². The lowest BCUT2D eigenvalue weighted by molar-refractivity contribution is -0.180. The molecule has 29 heavy (non-hydrogen) atoms. The predicted octanol–water partition coefficient (Wildman–Crippen LogP) is 2.84. The van der Waals surface area contributed by atoms with Crippen LogP contribution in [0.2, 0.25) is 0 Å². The van der Waals surface area contributed by atoms with Gasteiger partial charge < -0.3 is 14.7 Å². The number of benzene rings is 1. The number of alkyl halides is 1. The molecule has 2 aliphatic heterocycles. The van der Waals surface area contributed by atoms with Crippen LogP contribution in [0.5, 0.6) is 0 Å². The van der Waals surface area contributed by atoms with Crippen LogP contribution in [-0.2, 0) is 25.3 Å². The number of esters is 1. The molecular weight excluding hydrogens is 456 g/mol. The molecule has 0 aliphatic carbocycles. The smallest absolute Gasteiger partial charge is 0.336 e. The number of fused-ring (bicyclic) bond motifs is 1. The molecule has 0 radical (unpaired) electrons. The van der Waals surface area contributed by atoms with Crippen molar-refractivity contribution in [2.75, 3.05) is 6.61 Å². The number of aromatic nitrogens is 1. The fraction of sp³-hybridized carbons (Fsp3) is 0.381. The highest BCUT2D eigenvalue weighted by Crippen LogP contribution is 2.65. The Morgan fingerprint density at radius 3 is 2.55 bits per heavy atom. The summed E-state index contributed by atoms with van der Waals surface area (Å²) in [6, 6.07) is 14.7. The van der Waals surface area contributed by atoms with Gasteiger partial charge in [0.05, 0.1) is 12.3 Å². The van der Waals surface area contributed by atoms with Crippen LogP contribution in [0.4, 0.5) is 0 Å². The molecular formula is C21H21BrN2O4S. The lowest BCUT2D eigenvalue weighted by Gasteiger charge is -2.53. The topological polar surface area (TPSA) is 79.7 Å². The molecule has 4 rings (SSSR count). The van der Waals surface area contributed by atoms with E-state index in [1.165, 1.54) is 16.7 Å². The predicted molar refractivity (Wildman–Crippen MR) is 113 cm³/mol. The van der Waals surface area contributed by atoms with Crippen molar-refractivity contribution in [1.82, 2.24) is 9.88 Å². The van der Waals surface area contributed by atoms with Crippen molar-refractivity contribution in [1.29, 1.82) is 0 Å². The molecule has 0 unspecified atom stereocenters. The van der Waals surface area contributed by atoms with Crippen LogP contribution in [-0.4, -0.2) is 49.1 Å². The fourth-order valence-electron chi connectivity index (χ4n) is 4.01. The Bertz CT molecular complexity index is 942. The maximum Gasteiger partial charge on any atom is 0.336 e. The number of amides is 1. The lowest BCUT2D eigenvalue weighted by Crippen LogP contribution is -2.76. The van der Waals surface area contributed by atoms with Crippen molar-refractivity contribution in [3.05, 3.63) is 66.0 Å². The quantitative estimate of drug-likeness (QED) is 0.406. The Labute approximate surface area is 181 Å². The molecule has 2 fully saturated rings. The molecule has 2 aromatic rings.